The van der Waals surface area contributed by atoms with E-state index < -0.39 is 0 Å². The molecule has 8 heteroatoms. The van der Waals surface area contributed by atoms with Gasteiger partial charge in [-0.15, -0.1) is 0 Å². The molecule has 4 heterocycles. The zero-order chi connectivity index (χ0) is 24.4. The topological polar surface area (TPSA) is 86.0 Å². The maximum atomic E-state index is 13.7. The molecule has 1 atom stereocenters. The van der Waals surface area contributed by atoms with Gasteiger partial charge in [0.1, 0.15) is 5.75 Å². The van der Waals surface area contributed by atoms with Gasteiger partial charge in [-0.25, -0.2) is 4.98 Å². The lowest BCUT2D eigenvalue weighted by atomic mass is 9.99. The summed E-state index contributed by atoms with van der Waals surface area (Å²) in [5.74, 6) is 1.77. The van der Waals surface area contributed by atoms with Gasteiger partial charge in [-0.1, -0.05) is 17.7 Å². The number of aromatic nitrogens is 5. The number of likely N-dealkylation sites (tertiary alicyclic amines) is 1. The summed E-state index contributed by atoms with van der Waals surface area (Å²) in [5, 5.41) is 4.21. The molecule has 0 radical (unpaired) electrons. The molecule has 35 heavy (non-hydrogen) atoms. The molecule has 0 bridgehead atoms. The van der Waals surface area contributed by atoms with Crippen molar-refractivity contribution < 1.29 is 9.53 Å². The van der Waals surface area contributed by atoms with Crippen LogP contribution in [-0.2, 0) is 7.05 Å². The summed E-state index contributed by atoms with van der Waals surface area (Å²) < 4.78 is 7.74. The van der Waals surface area contributed by atoms with Crippen LogP contribution >= 0.6 is 0 Å². The van der Waals surface area contributed by atoms with Gasteiger partial charge in [-0.3, -0.25) is 14.5 Å². The SMILES string of the molecule is Cc1ccc(Oc2cc(C)nc(C3CCCCN3C(=O)c3ccnc(-c4cnn(C)c4)c3)n2)cc1. The third-order valence-corrected chi connectivity index (χ3v) is 6.16. The minimum absolute atomic E-state index is 0.0478. The van der Waals surface area contributed by atoms with Crippen LogP contribution in [0.15, 0.2) is 61.1 Å². The fourth-order valence-corrected chi connectivity index (χ4v) is 4.37. The fraction of sp³-hybridized carbons (Fsp3) is 0.296. The van der Waals surface area contributed by atoms with E-state index in [1.807, 2.05) is 68.4 Å². The van der Waals surface area contributed by atoms with E-state index in [2.05, 4.69) is 10.1 Å². The van der Waals surface area contributed by atoms with E-state index >= 15 is 0 Å². The first-order chi connectivity index (χ1) is 17.0. The van der Waals surface area contributed by atoms with Crippen molar-refractivity contribution in [2.75, 3.05) is 6.54 Å². The van der Waals surface area contributed by atoms with Gasteiger partial charge < -0.3 is 9.64 Å². The Balaban J connectivity index is 1.42. The summed E-state index contributed by atoms with van der Waals surface area (Å²) in [6, 6.07) is 13.0. The van der Waals surface area contributed by atoms with Gasteiger partial charge in [0.25, 0.3) is 5.91 Å². The third-order valence-electron chi connectivity index (χ3n) is 6.16. The summed E-state index contributed by atoms with van der Waals surface area (Å²) in [7, 11) is 1.86. The molecule has 4 aromatic rings. The van der Waals surface area contributed by atoms with E-state index in [0.29, 0.717) is 23.8 Å². The average molecular weight is 469 g/mol. The molecule has 8 nitrogen and oxygen atoms in total. The first-order valence-electron chi connectivity index (χ1n) is 11.8. The molecule has 0 aliphatic carbocycles. The zero-order valence-electron chi connectivity index (χ0n) is 20.2. The van der Waals surface area contributed by atoms with Crippen molar-refractivity contribution in [1.82, 2.24) is 29.6 Å². The van der Waals surface area contributed by atoms with Crippen LogP contribution in [0.1, 0.15) is 52.7 Å². The number of hydrogen-bond donors (Lipinski definition) is 0. The van der Waals surface area contributed by atoms with Crippen molar-refractivity contribution in [2.45, 2.75) is 39.2 Å². The number of carbonyl (C=O) groups is 1. The van der Waals surface area contributed by atoms with Gasteiger partial charge in [0, 0.05) is 48.9 Å². The second-order valence-corrected chi connectivity index (χ2v) is 8.96. The number of carbonyl (C=O) groups excluding carboxylic acids is 1. The van der Waals surface area contributed by atoms with E-state index in [0.717, 1.165) is 47.5 Å². The maximum Gasteiger partial charge on any atom is 0.254 e. The van der Waals surface area contributed by atoms with Crippen molar-refractivity contribution in [3.63, 3.8) is 0 Å². The van der Waals surface area contributed by atoms with E-state index in [9.17, 15) is 4.79 Å². The van der Waals surface area contributed by atoms with Gasteiger partial charge in [0.15, 0.2) is 5.82 Å². The first kappa shape index (κ1) is 22.7. The van der Waals surface area contributed by atoms with Crippen LogP contribution in [0.3, 0.4) is 0 Å². The van der Waals surface area contributed by atoms with Crippen molar-refractivity contribution in [3.05, 3.63) is 83.7 Å². The highest BCUT2D eigenvalue weighted by atomic mass is 16.5. The summed E-state index contributed by atoms with van der Waals surface area (Å²) >= 11 is 0. The quantitative estimate of drug-likeness (QED) is 0.407. The van der Waals surface area contributed by atoms with Crippen LogP contribution < -0.4 is 4.74 Å². The first-order valence-corrected chi connectivity index (χ1v) is 11.8. The van der Waals surface area contributed by atoms with Crippen molar-refractivity contribution in [3.8, 4) is 22.9 Å². The summed E-state index contributed by atoms with van der Waals surface area (Å²) in [6.45, 7) is 4.61. The van der Waals surface area contributed by atoms with Crippen molar-refractivity contribution >= 4 is 5.91 Å². The number of aryl methyl sites for hydroxylation is 3. The molecular formula is C27H28N6O2. The zero-order valence-corrected chi connectivity index (χ0v) is 20.2. The maximum absolute atomic E-state index is 13.7. The lowest BCUT2D eigenvalue weighted by molar-refractivity contribution is 0.0598. The summed E-state index contributed by atoms with van der Waals surface area (Å²) in [6.07, 6.45) is 8.07. The highest BCUT2D eigenvalue weighted by Crippen LogP contribution is 2.32. The predicted molar refractivity (Wildman–Crippen MR) is 132 cm³/mol. The highest BCUT2D eigenvalue weighted by Gasteiger charge is 2.31. The smallest absolute Gasteiger partial charge is 0.254 e. The van der Waals surface area contributed by atoms with E-state index in [1.54, 1.807) is 23.1 Å². The van der Waals surface area contributed by atoms with E-state index in [1.165, 1.54) is 0 Å². The van der Waals surface area contributed by atoms with Gasteiger partial charge >= 0.3 is 0 Å². The molecule has 0 spiro atoms. The molecule has 1 fully saturated rings. The number of piperidine rings is 1. The normalized spacial score (nSPS) is 15.7. The number of rotatable bonds is 5. The Labute approximate surface area is 204 Å². The number of nitrogens with zero attached hydrogens (tertiary/aromatic N) is 6. The van der Waals surface area contributed by atoms with E-state index in [4.69, 9.17) is 14.7 Å². The van der Waals surface area contributed by atoms with Crippen molar-refractivity contribution in [2.24, 2.45) is 7.05 Å². The predicted octanol–water partition coefficient (Wildman–Crippen LogP) is 5.05. The largest absolute Gasteiger partial charge is 0.439 e. The molecule has 0 saturated carbocycles. The molecular weight excluding hydrogens is 440 g/mol. The second-order valence-electron chi connectivity index (χ2n) is 8.96. The Hall–Kier alpha value is -4.07. The van der Waals surface area contributed by atoms with Gasteiger partial charge in [0.05, 0.1) is 17.9 Å². The van der Waals surface area contributed by atoms with E-state index in [-0.39, 0.29) is 11.9 Å². The van der Waals surface area contributed by atoms with Crippen LogP contribution in [0.25, 0.3) is 11.3 Å². The number of pyridine rings is 1. The number of amides is 1. The number of ether oxygens (including phenoxy) is 1. The molecule has 178 valence electrons. The Morgan fingerprint density at radius 2 is 1.89 bits per heavy atom. The number of benzene rings is 1. The second kappa shape index (κ2) is 9.66. The lowest BCUT2D eigenvalue weighted by Gasteiger charge is -2.35. The third kappa shape index (κ3) is 5.06. The van der Waals surface area contributed by atoms with Gasteiger partial charge in [-0.05, 0) is 57.4 Å². The highest BCUT2D eigenvalue weighted by molar-refractivity contribution is 5.95. The van der Waals surface area contributed by atoms with Crippen LogP contribution in [0.4, 0.5) is 0 Å². The molecule has 1 aliphatic heterocycles. The Morgan fingerprint density at radius 1 is 1.06 bits per heavy atom. The molecule has 3 aromatic heterocycles. The Kier molecular flexibility index (Phi) is 6.27. The molecule has 1 unspecified atom stereocenters. The Bertz CT molecular complexity index is 1350. The van der Waals surface area contributed by atoms with Crippen LogP contribution in [-0.4, -0.2) is 42.1 Å². The molecule has 0 N–H and O–H groups in total. The summed E-state index contributed by atoms with van der Waals surface area (Å²) in [4.78, 5) is 29.4. The van der Waals surface area contributed by atoms with Crippen LogP contribution in [0.5, 0.6) is 11.6 Å². The standard InChI is InChI=1S/C27H28N6O2/c1-18-7-9-22(10-8-18)35-25-14-19(2)30-26(31-25)24-6-4-5-13-33(24)27(34)20-11-12-28-23(15-20)21-16-29-32(3)17-21/h7-12,14-17,24H,4-6,13H2,1-3H3. The lowest BCUT2D eigenvalue weighted by Crippen LogP contribution is -2.39. The molecule has 1 aliphatic rings. The minimum Gasteiger partial charge on any atom is -0.439 e. The minimum atomic E-state index is -0.216. The molecule has 1 amide bonds. The molecule has 5 rings (SSSR count). The van der Waals surface area contributed by atoms with Crippen molar-refractivity contribution in [1.29, 1.82) is 0 Å². The number of hydrogen-bond acceptors (Lipinski definition) is 6. The average Bonchev–Trinajstić information content (AvgIpc) is 3.31. The van der Waals surface area contributed by atoms with Gasteiger partial charge in [0.2, 0.25) is 5.88 Å². The summed E-state index contributed by atoms with van der Waals surface area (Å²) in [5.41, 5.74) is 4.15. The molecule has 1 aromatic carbocycles. The monoisotopic (exact) mass is 468 g/mol. The van der Waals surface area contributed by atoms with Crippen LogP contribution in [0, 0.1) is 13.8 Å². The fourth-order valence-electron chi connectivity index (χ4n) is 4.37. The molecule has 1 saturated heterocycles. The Morgan fingerprint density at radius 3 is 2.66 bits per heavy atom. The van der Waals surface area contributed by atoms with Gasteiger partial charge in [-0.2, -0.15) is 10.1 Å². The van der Waals surface area contributed by atoms with Crippen LogP contribution in [0.2, 0.25) is 0 Å².